The number of nitrogens with zero attached hydrogens (tertiary/aromatic N) is 3. The van der Waals surface area contributed by atoms with Crippen LogP contribution in [0, 0.1) is 12.7 Å². The lowest BCUT2D eigenvalue weighted by Gasteiger charge is -2.16. The molecule has 12 heteroatoms. The monoisotopic (exact) mass is 430 g/mol. The van der Waals surface area contributed by atoms with Gasteiger partial charge < -0.3 is 5.11 Å². The maximum atomic E-state index is 13.8. The molecule has 30 heavy (non-hydrogen) atoms. The first-order valence-electron chi connectivity index (χ1n) is 8.17. The van der Waals surface area contributed by atoms with Gasteiger partial charge in [0.25, 0.3) is 5.91 Å². The Balaban J connectivity index is 2.07. The fourth-order valence-corrected chi connectivity index (χ4v) is 2.42. The summed E-state index contributed by atoms with van der Waals surface area (Å²) in [7, 11) is 0. The van der Waals surface area contributed by atoms with Crippen LogP contribution in [0.15, 0.2) is 42.7 Å². The number of aromatic hydroxyl groups is 1. The Labute approximate surface area is 164 Å². The molecule has 0 bridgehead atoms. The molecule has 2 N–H and O–H groups in total. The van der Waals surface area contributed by atoms with Crippen molar-refractivity contribution in [2.75, 3.05) is 5.32 Å². The molecule has 3 aromatic rings. The molecule has 3 rings (SSSR count). The first-order chi connectivity index (χ1) is 13.9. The van der Waals surface area contributed by atoms with E-state index < -0.39 is 41.2 Å². The standard InChI is InChI=1S/C18H12F6N4O2/c1-9-4-5-25-14(6-9)28-8-13(17(20,21)18(22,23)24)26-16(28)27-15(30)10-2-3-11(19)12(29)7-10/h2-8,29H,1H3,(H,26,27,30). The minimum atomic E-state index is -5.92. The number of halogens is 6. The van der Waals surface area contributed by atoms with Crippen LogP contribution in [0.25, 0.3) is 5.82 Å². The van der Waals surface area contributed by atoms with Crippen LogP contribution in [0.4, 0.5) is 32.3 Å². The van der Waals surface area contributed by atoms with E-state index in [2.05, 4.69) is 15.3 Å². The zero-order valence-corrected chi connectivity index (χ0v) is 15.0. The number of rotatable bonds is 4. The fraction of sp³-hybridized carbons (Fsp3) is 0.167. The molecule has 6 nitrogen and oxygen atoms in total. The van der Waals surface area contributed by atoms with Crippen LogP contribution < -0.4 is 5.32 Å². The van der Waals surface area contributed by atoms with Crippen molar-refractivity contribution < 1.29 is 36.2 Å². The molecule has 2 heterocycles. The second-order valence-electron chi connectivity index (χ2n) is 6.20. The number of hydrogen-bond acceptors (Lipinski definition) is 4. The molecule has 0 saturated carbocycles. The van der Waals surface area contributed by atoms with E-state index >= 15 is 0 Å². The molecule has 1 amide bonds. The molecule has 158 valence electrons. The number of hydrogen-bond donors (Lipinski definition) is 2. The van der Waals surface area contributed by atoms with Gasteiger partial charge in [0.05, 0.1) is 0 Å². The van der Waals surface area contributed by atoms with Crippen LogP contribution in [0.1, 0.15) is 21.6 Å². The minimum absolute atomic E-state index is 0.0797. The van der Waals surface area contributed by atoms with Crippen molar-refractivity contribution in [1.29, 1.82) is 0 Å². The van der Waals surface area contributed by atoms with Gasteiger partial charge in [-0.15, -0.1) is 0 Å². The van der Waals surface area contributed by atoms with Crippen LogP contribution in [0.3, 0.4) is 0 Å². The van der Waals surface area contributed by atoms with Crippen molar-refractivity contribution in [2.45, 2.75) is 19.0 Å². The lowest BCUT2D eigenvalue weighted by Crippen LogP contribution is -2.34. The quantitative estimate of drug-likeness (QED) is 0.604. The van der Waals surface area contributed by atoms with Crippen molar-refractivity contribution in [3.63, 3.8) is 0 Å². The van der Waals surface area contributed by atoms with E-state index in [1.807, 2.05) is 0 Å². The zero-order chi connectivity index (χ0) is 22.3. The topological polar surface area (TPSA) is 80.0 Å². The second-order valence-corrected chi connectivity index (χ2v) is 6.20. The highest BCUT2D eigenvalue weighted by molar-refractivity contribution is 6.03. The van der Waals surface area contributed by atoms with Gasteiger partial charge in [-0.25, -0.2) is 14.4 Å². The number of amides is 1. The van der Waals surface area contributed by atoms with Crippen molar-refractivity contribution in [2.24, 2.45) is 0 Å². The Kier molecular flexibility index (Phi) is 5.18. The number of anilines is 1. The maximum absolute atomic E-state index is 13.8. The molecule has 0 radical (unpaired) electrons. The Bertz CT molecular complexity index is 1110. The minimum Gasteiger partial charge on any atom is -0.505 e. The number of phenols is 1. The average Bonchev–Trinajstić information content (AvgIpc) is 3.07. The molecule has 0 aliphatic rings. The molecule has 0 fully saturated rings. The lowest BCUT2D eigenvalue weighted by atomic mass is 10.2. The van der Waals surface area contributed by atoms with Crippen molar-refractivity contribution >= 4 is 11.9 Å². The number of aromatic nitrogens is 3. The second kappa shape index (κ2) is 7.35. The van der Waals surface area contributed by atoms with Gasteiger partial charge in [0.15, 0.2) is 11.6 Å². The number of pyridine rings is 1. The summed E-state index contributed by atoms with van der Waals surface area (Å²) in [6, 6.07) is 5.45. The van der Waals surface area contributed by atoms with Crippen LogP contribution >= 0.6 is 0 Å². The van der Waals surface area contributed by atoms with Crippen LogP contribution in [-0.4, -0.2) is 31.7 Å². The van der Waals surface area contributed by atoms with E-state index in [4.69, 9.17) is 0 Å². The normalized spacial score (nSPS) is 12.1. The number of phenolic OH excluding ortho intramolecular Hbond substituents is 1. The lowest BCUT2D eigenvalue weighted by molar-refractivity contribution is -0.290. The maximum Gasteiger partial charge on any atom is 0.459 e. The zero-order valence-electron chi connectivity index (χ0n) is 15.0. The van der Waals surface area contributed by atoms with E-state index in [9.17, 15) is 36.2 Å². The summed E-state index contributed by atoms with van der Waals surface area (Å²) >= 11 is 0. The predicted octanol–water partition coefficient (Wildman–Crippen LogP) is 4.33. The Morgan fingerprint density at radius 2 is 1.83 bits per heavy atom. The van der Waals surface area contributed by atoms with Gasteiger partial charge >= 0.3 is 12.1 Å². The van der Waals surface area contributed by atoms with E-state index in [0.717, 1.165) is 22.8 Å². The van der Waals surface area contributed by atoms with Gasteiger partial charge in [-0.05, 0) is 42.8 Å². The molecule has 0 unspecified atom stereocenters. The first kappa shape index (κ1) is 21.1. The first-order valence-corrected chi connectivity index (χ1v) is 8.17. The van der Waals surface area contributed by atoms with E-state index in [1.165, 1.54) is 12.3 Å². The Morgan fingerprint density at radius 3 is 2.43 bits per heavy atom. The summed E-state index contributed by atoms with van der Waals surface area (Å²) in [4.78, 5) is 19.5. The number of alkyl halides is 5. The summed E-state index contributed by atoms with van der Waals surface area (Å²) in [5, 5.41) is 11.4. The molecule has 0 aliphatic carbocycles. The van der Waals surface area contributed by atoms with Crippen molar-refractivity contribution in [3.05, 3.63) is 65.4 Å². The number of benzene rings is 1. The number of carbonyl (C=O) groups excluding carboxylic acids is 1. The van der Waals surface area contributed by atoms with Gasteiger partial charge in [-0.1, -0.05) is 0 Å². The molecule has 0 spiro atoms. The third-order valence-electron chi connectivity index (χ3n) is 3.97. The van der Waals surface area contributed by atoms with Crippen LogP contribution in [-0.2, 0) is 5.92 Å². The van der Waals surface area contributed by atoms with E-state index in [-0.39, 0.29) is 11.4 Å². The molecule has 0 saturated heterocycles. The number of carbonyl (C=O) groups is 1. The Hall–Kier alpha value is -3.57. The smallest absolute Gasteiger partial charge is 0.459 e. The third kappa shape index (κ3) is 3.93. The summed E-state index contributed by atoms with van der Waals surface area (Å²) < 4.78 is 79.8. The van der Waals surface area contributed by atoms with Gasteiger partial charge in [-0.3, -0.25) is 14.7 Å². The summed E-state index contributed by atoms with van der Waals surface area (Å²) in [5.74, 6) is -8.95. The summed E-state index contributed by atoms with van der Waals surface area (Å²) in [5.41, 5.74) is -1.33. The highest BCUT2D eigenvalue weighted by atomic mass is 19.4. The average molecular weight is 430 g/mol. The molecular formula is C18H12F6N4O2. The highest BCUT2D eigenvalue weighted by Gasteiger charge is 2.60. The molecule has 0 atom stereocenters. The summed E-state index contributed by atoms with van der Waals surface area (Å²) in [6.07, 6.45) is -4.22. The molecule has 0 aliphatic heterocycles. The van der Waals surface area contributed by atoms with E-state index in [0.29, 0.717) is 11.8 Å². The van der Waals surface area contributed by atoms with E-state index in [1.54, 1.807) is 13.0 Å². The number of imidazole rings is 1. The highest BCUT2D eigenvalue weighted by Crippen LogP contribution is 2.44. The van der Waals surface area contributed by atoms with Crippen LogP contribution in [0.2, 0.25) is 0 Å². The van der Waals surface area contributed by atoms with Crippen molar-refractivity contribution in [1.82, 2.24) is 14.5 Å². The Morgan fingerprint density at radius 1 is 1.13 bits per heavy atom. The number of aryl methyl sites for hydroxylation is 1. The van der Waals surface area contributed by atoms with Gasteiger partial charge in [0.1, 0.15) is 11.5 Å². The van der Waals surface area contributed by atoms with Gasteiger partial charge in [-0.2, -0.15) is 22.0 Å². The van der Waals surface area contributed by atoms with Gasteiger partial charge in [0.2, 0.25) is 5.95 Å². The van der Waals surface area contributed by atoms with Gasteiger partial charge in [0, 0.05) is 18.0 Å². The molecule has 2 aromatic heterocycles. The summed E-state index contributed by atoms with van der Waals surface area (Å²) in [6.45, 7) is 1.63. The molecular weight excluding hydrogens is 418 g/mol. The van der Waals surface area contributed by atoms with Crippen molar-refractivity contribution in [3.8, 4) is 11.6 Å². The fourth-order valence-electron chi connectivity index (χ4n) is 2.42. The number of nitrogens with one attached hydrogen (secondary N) is 1. The molecule has 1 aromatic carbocycles. The van der Waals surface area contributed by atoms with Crippen LogP contribution in [0.5, 0.6) is 5.75 Å². The SMILES string of the molecule is Cc1ccnc(-n2cc(C(F)(F)C(F)(F)F)nc2NC(=O)c2ccc(F)c(O)c2)c1. The third-order valence-corrected chi connectivity index (χ3v) is 3.97. The largest absolute Gasteiger partial charge is 0.505 e. The predicted molar refractivity (Wildman–Crippen MR) is 92.1 cm³/mol.